The van der Waals surface area contributed by atoms with E-state index >= 15 is 0 Å². The summed E-state index contributed by atoms with van der Waals surface area (Å²) in [6.45, 7) is -0.429. The van der Waals surface area contributed by atoms with Gasteiger partial charge in [-0.2, -0.15) is 0 Å². The highest BCUT2D eigenvalue weighted by Gasteiger charge is 2.51. The summed E-state index contributed by atoms with van der Waals surface area (Å²) in [5.41, 5.74) is 0.223. The maximum absolute atomic E-state index is 12.6. The summed E-state index contributed by atoms with van der Waals surface area (Å²) in [5, 5.41) is 2.76. The van der Waals surface area contributed by atoms with Gasteiger partial charge in [-0.15, -0.1) is 0 Å². The van der Waals surface area contributed by atoms with E-state index in [1.807, 2.05) is 0 Å². The fraction of sp³-hybridized carbons (Fsp3) is 0.474. The minimum absolute atomic E-state index is 0.0188. The summed E-state index contributed by atoms with van der Waals surface area (Å²) in [6, 6.07) is 5.88. The van der Waals surface area contributed by atoms with Gasteiger partial charge in [0, 0.05) is 0 Å². The molecule has 0 aromatic heterocycles. The molecule has 0 atom stereocenters. The third-order valence-corrected chi connectivity index (χ3v) is 5.02. The second kappa shape index (κ2) is 7.77. The van der Waals surface area contributed by atoms with E-state index in [1.165, 1.54) is 7.11 Å². The molecule has 1 saturated carbocycles. The zero-order chi connectivity index (χ0) is 19.4. The maximum atomic E-state index is 12.6. The van der Waals surface area contributed by atoms with Gasteiger partial charge >= 0.3 is 18.0 Å². The molecule has 8 nitrogen and oxygen atoms in total. The molecular weight excluding hydrogens is 352 g/mol. The van der Waals surface area contributed by atoms with Gasteiger partial charge in [0.2, 0.25) is 0 Å². The van der Waals surface area contributed by atoms with E-state index in [0.717, 1.165) is 24.2 Å². The van der Waals surface area contributed by atoms with E-state index in [9.17, 15) is 19.2 Å². The highest BCUT2D eigenvalue weighted by molar-refractivity contribution is 6.08. The predicted molar refractivity (Wildman–Crippen MR) is 93.6 cm³/mol. The van der Waals surface area contributed by atoms with Crippen LogP contribution in [0.4, 0.5) is 4.79 Å². The molecule has 1 saturated heterocycles. The minimum Gasteiger partial charge on any atom is -0.465 e. The number of rotatable bonds is 5. The van der Waals surface area contributed by atoms with Gasteiger partial charge in [0.1, 0.15) is 18.7 Å². The highest BCUT2D eigenvalue weighted by Crippen LogP contribution is 2.33. The number of imide groups is 1. The topological polar surface area (TPSA) is 102 Å². The molecule has 1 aliphatic heterocycles. The Morgan fingerprint density at radius 3 is 2.41 bits per heavy atom. The van der Waals surface area contributed by atoms with Crippen LogP contribution in [0.25, 0.3) is 0 Å². The zero-order valence-corrected chi connectivity index (χ0v) is 15.2. The van der Waals surface area contributed by atoms with Crippen LogP contribution in [-0.4, -0.2) is 48.0 Å². The van der Waals surface area contributed by atoms with Crippen LogP contribution in [0, 0.1) is 0 Å². The molecule has 3 rings (SSSR count). The fourth-order valence-electron chi connectivity index (χ4n) is 3.51. The molecule has 1 N–H and O–H groups in total. The zero-order valence-electron chi connectivity index (χ0n) is 15.2. The van der Waals surface area contributed by atoms with E-state index in [-0.39, 0.29) is 12.5 Å². The summed E-state index contributed by atoms with van der Waals surface area (Å²) in [5.74, 6) is -1.45. The van der Waals surface area contributed by atoms with Crippen LogP contribution in [0.1, 0.15) is 48.0 Å². The van der Waals surface area contributed by atoms with Crippen molar-refractivity contribution in [2.75, 3.05) is 13.7 Å². The van der Waals surface area contributed by atoms with Gasteiger partial charge in [-0.3, -0.25) is 14.5 Å². The Morgan fingerprint density at radius 2 is 1.78 bits per heavy atom. The van der Waals surface area contributed by atoms with Gasteiger partial charge in [0.15, 0.2) is 0 Å². The number of methoxy groups -OCH3 is 1. The summed E-state index contributed by atoms with van der Waals surface area (Å²) < 4.78 is 9.78. The van der Waals surface area contributed by atoms with Crippen molar-refractivity contribution < 1.29 is 28.7 Å². The number of benzene rings is 1. The number of nitrogens with one attached hydrogen (secondary N) is 1. The third kappa shape index (κ3) is 3.94. The van der Waals surface area contributed by atoms with Crippen LogP contribution in [-0.2, 0) is 25.7 Å². The maximum Gasteiger partial charge on any atom is 0.337 e. The average Bonchev–Trinajstić information content (AvgIpc) is 2.90. The lowest BCUT2D eigenvalue weighted by molar-refractivity contribution is -0.149. The Kier molecular flexibility index (Phi) is 5.43. The Bertz CT molecular complexity index is 752. The third-order valence-electron chi connectivity index (χ3n) is 5.02. The van der Waals surface area contributed by atoms with Gasteiger partial charge in [-0.05, 0) is 30.5 Å². The van der Waals surface area contributed by atoms with Gasteiger partial charge < -0.3 is 14.8 Å². The van der Waals surface area contributed by atoms with Crippen molar-refractivity contribution in [3.8, 4) is 0 Å². The van der Waals surface area contributed by atoms with Gasteiger partial charge in [0.25, 0.3) is 5.91 Å². The number of ether oxygens (including phenoxy) is 2. The van der Waals surface area contributed by atoms with E-state index in [1.54, 1.807) is 24.3 Å². The standard InChI is InChI=1S/C19H22N2O6/c1-26-16(23)14-7-5-13(6-8-14)12-27-15(22)11-21-17(24)19(20-18(21)25)9-3-2-4-10-19/h5-8H,2-4,9-12H2,1H3,(H,20,25). The van der Waals surface area contributed by atoms with E-state index in [2.05, 4.69) is 10.1 Å². The molecule has 27 heavy (non-hydrogen) atoms. The van der Waals surface area contributed by atoms with Crippen molar-refractivity contribution in [3.63, 3.8) is 0 Å². The number of hydrogen-bond acceptors (Lipinski definition) is 6. The van der Waals surface area contributed by atoms with E-state index in [4.69, 9.17) is 4.74 Å². The van der Waals surface area contributed by atoms with Gasteiger partial charge in [0.05, 0.1) is 12.7 Å². The van der Waals surface area contributed by atoms with Crippen LogP contribution in [0.5, 0.6) is 0 Å². The first-order valence-corrected chi connectivity index (χ1v) is 8.92. The first-order valence-electron chi connectivity index (χ1n) is 8.92. The molecule has 144 valence electrons. The summed E-state index contributed by atoms with van der Waals surface area (Å²) in [4.78, 5) is 49.2. The second-order valence-corrected chi connectivity index (χ2v) is 6.81. The fourth-order valence-corrected chi connectivity index (χ4v) is 3.51. The molecule has 1 spiro atoms. The van der Waals surface area contributed by atoms with Gasteiger partial charge in [-0.1, -0.05) is 31.4 Å². The lowest BCUT2D eigenvalue weighted by Gasteiger charge is -2.30. The molecular formula is C19H22N2O6. The van der Waals surface area contributed by atoms with Crippen molar-refractivity contribution in [1.29, 1.82) is 0 Å². The van der Waals surface area contributed by atoms with Crippen molar-refractivity contribution in [3.05, 3.63) is 35.4 Å². The lowest BCUT2D eigenvalue weighted by atomic mass is 9.82. The molecule has 1 aliphatic carbocycles. The second-order valence-electron chi connectivity index (χ2n) is 6.81. The molecule has 2 fully saturated rings. The van der Waals surface area contributed by atoms with Crippen molar-refractivity contribution in [2.24, 2.45) is 0 Å². The molecule has 8 heteroatoms. The largest absolute Gasteiger partial charge is 0.465 e. The number of hydrogen-bond donors (Lipinski definition) is 1. The average molecular weight is 374 g/mol. The van der Waals surface area contributed by atoms with Gasteiger partial charge in [-0.25, -0.2) is 9.59 Å². The molecule has 1 aromatic rings. The Hall–Kier alpha value is -2.90. The quantitative estimate of drug-likeness (QED) is 0.623. The smallest absolute Gasteiger partial charge is 0.337 e. The number of amides is 3. The van der Waals surface area contributed by atoms with Crippen LogP contribution in [0.3, 0.4) is 0 Å². The van der Waals surface area contributed by atoms with Crippen molar-refractivity contribution in [1.82, 2.24) is 10.2 Å². The normalized spacial score (nSPS) is 18.3. The van der Waals surface area contributed by atoms with Crippen LogP contribution >= 0.6 is 0 Å². The van der Waals surface area contributed by atoms with Crippen LogP contribution in [0.15, 0.2) is 24.3 Å². The van der Waals surface area contributed by atoms with Crippen molar-refractivity contribution >= 4 is 23.9 Å². The monoisotopic (exact) mass is 374 g/mol. The summed E-state index contributed by atoms with van der Waals surface area (Å²) in [6.07, 6.45) is 4.02. The van der Waals surface area contributed by atoms with Crippen LogP contribution < -0.4 is 5.32 Å². The molecule has 0 bridgehead atoms. The molecule has 1 aromatic carbocycles. The molecule has 3 amide bonds. The number of urea groups is 1. The summed E-state index contributed by atoms with van der Waals surface area (Å²) in [7, 11) is 1.30. The SMILES string of the molecule is COC(=O)c1ccc(COC(=O)CN2C(=O)NC3(CCCCC3)C2=O)cc1. The van der Waals surface area contributed by atoms with Crippen LogP contribution in [0.2, 0.25) is 0 Å². The summed E-state index contributed by atoms with van der Waals surface area (Å²) >= 11 is 0. The lowest BCUT2D eigenvalue weighted by Crippen LogP contribution is -2.48. The van der Waals surface area contributed by atoms with Crippen molar-refractivity contribution in [2.45, 2.75) is 44.2 Å². The Labute approximate surface area is 156 Å². The number of carbonyl (C=O) groups excluding carboxylic acids is 4. The first kappa shape index (κ1) is 18.9. The molecule has 0 unspecified atom stereocenters. The molecule has 2 aliphatic rings. The highest BCUT2D eigenvalue weighted by atomic mass is 16.5. The van der Waals surface area contributed by atoms with E-state index < -0.39 is 30.1 Å². The predicted octanol–water partition coefficient (Wildman–Crippen LogP) is 1.77. The Morgan fingerprint density at radius 1 is 1.11 bits per heavy atom. The Balaban J connectivity index is 1.54. The number of carbonyl (C=O) groups is 4. The first-order chi connectivity index (χ1) is 12.9. The molecule has 0 radical (unpaired) electrons. The number of nitrogens with zero attached hydrogens (tertiary/aromatic N) is 1. The number of esters is 2. The van der Waals surface area contributed by atoms with E-state index in [0.29, 0.717) is 24.0 Å². The minimum atomic E-state index is -0.848. The molecule has 1 heterocycles.